The van der Waals surface area contributed by atoms with Gasteiger partial charge in [0.05, 0.1) is 23.7 Å². The van der Waals surface area contributed by atoms with E-state index in [1.165, 1.54) is 4.57 Å². The Hall–Kier alpha value is -4.06. The maximum Gasteiger partial charge on any atom is 0.307 e. The molecule has 0 saturated heterocycles. The van der Waals surface area contributed by atoms with Crippen LogP contribution in [0.5, 0.6) is 0 Å². The number of hydrogen-bond donors (Lipinski definition) is 1. The Morgan fingerprint density at radius 2 is 1.80 bits per heavy atom. The smallest absolute Gasteiger partial charge is 0.283 e. The summed E-state index contributed by atoms with van der Waals surface area (Å²) in [6.45, 7) is 2.22. The van der Waals surface area contributed by atoms with Crippen molar-refractivity contribution in [3.8, 4) is 0 Å². The summed E-state index contributed by atoms with van der Waals surface area (Å²) in [7, 11) is 0. The average Bonchev–Trinajstić information content (AvgIpc) is 2.76. The Balaban J connectivity index is 1.70. The van der Waals surface area contributed by atoms with Crippen LogP contribution in [-0.4, -0.2) is 21.7 Å². The van der Waals surface area contributed by atoms with Gasteiger partial charge in [-0.1, -0.05) is 72.3 Å². The lowest BCUT2D eigenvalue weighted by atomic mass is 10.2. The first-order chi connectivity index (χ1) is 14.6. The molecule has 4 rings (SSSR count). The highest BCUT2D eigenvalue weighted by Gasteiger charge is 2.17. The van der Waals surface area contributed by atoms with E-state index in [-0.39, 0.29) is 17.9 Å². The van der Waals surface area contributed by atoms with Crippen LogP contribution in [0.25, 0.3) is 10.9 Å². The van der Waals surface area contributed by atoms with Crippen molar-refractivity contribution in [3.63, 3.8) is 0 Å². The summed E-state index contributed by atoms with van der Waals surface area (Å²) in [5, 5.41) is 4.50. The number of fused-ring (bicyclic) bond motifs is 1. The van der Waals surface area contributed by atoms with Gasteiger partial charge in [-0.25, -0.2) is 10.4 Å². The Morgan fingerprint density at radius 1 is 1.03 bits per heavy atom. The predicted molar refractivity (Wildman–Crippen MR) is 118 cm³/mol. The van der Waals surface area contributed by atoms with Gasteiger partial charge in [-0.15, -0.1) is 0 Å². The number of hydrazone groups is 1. The van der Waals surface area contributed by atoms with Crippen LogP contribution in [0.3, 0.4) is 0 Å². The molecule has 0 bridgehead atoms. The molecule has 4 aromatic rings. The van der Waals surface area contributed by atoms with Gasteiger partial charge in [-0.3, -0.25) is 14.2 Å². The number of nitrogens with one attached hydrogen (secondary N) is 1. The first kappa shape index (κ1) is 19.3. The fourth-order valence-corrected chi connectivity index (χ4v) is 3.22. The number of aryl methyl sites for hydroxylation is 1. The Kier molecular flexibility index (Phi) is 5.48. The van der Waals surface area contributed by atoms with E-state index in [0.29, 0.717) is 10.9 Å². The van der Waals surface area contributed by atoms with Crippen molar-refractivity contribution in [2.45, 2.75) is 13.5 Å². The fourth-order valence-electron chi connectivity index (χ4n) is 3.22. The molecule has 0 radical (unpaired) electrons. The van der Waals surface area contributed by atoms with Gasteiger partial charge in [0.25, 0.3) is 5.56 Å². The first-order valence-electron chi connectivity index (χ1n) is 9.55. The number of hydrogen-bond acceptors (Lipinski definition) is 4. The van der Waals surface area contributed by atoms with Gasteiger partial charge in [0, 0.05) is 0 Å². The third-order valence-electron chi connectivity index (χ3n) is 4.67. The second-order valence-corrected chi connectivity index (χ2v) is 6.94. The number of rotatable bonds is 5. The molecular formula is C24H20N4O2. The van der Waals surface area contributed by atoms with Gasteiger partial charge < -0.3 is 0 Å². The van der Waals surface area contributed by atoms with Crippen LogP contribution < -0.4 is 11.0 Å². The minimum Gasteiger partial charge on any atom is -0.283 e. The average molecular weight is 396 g/mol. The van der Waals surface area contributed by atoms with E-state index >= 15 is 0 Å². The second kappa shape index (κ2) is 8.53. The molecule has 1 heterocycles. The lowest BCUT2D eigenvalue weighted by molar-refractivity contribution is 0.0939. The minimum atomic E-state index is -0.544. The van der Waals surface area contributed by atoms with Crippen LogP contribution in [0.4, 0.5) is 0 Å². The summed E-state index contributed by atoms with van der Waals surface area (Å²) in [5.41, 5.74) is 5.56. The van der Waals surface area contributed by atoms with Crippen molar-refractivity contribution in [2.75, 3.05) is 0 Å². The van der Waals surface area contributed by atoms with Gasteiger partial charge in [-0.05, 0) is 30.2 Å². The summed E-state index contributed by atoms with van der Waals surface area (Å²) in [6.07, 6.45) is 1.56. The fraction of sp³-hybridized carbons (Fsp3) is 0.0833. The zero-order valence-electron chi connectivity index (χ0n) is 16.4. The largest absolute Gasteiger partial charge is 0.307 e. The van der Waals surface area contributed by atoms with E-state index < -0.39 is 5.91 Å². The molecule has 0 aliphatic carbocycles. The monoisotopic (exact) mass is 396 g/mol. The summed E-state index contributed by atoms with van der Waals surface area (Å²) in [6, 6.07) is 24.2. The highest BCUT2D eigenvalue weighted by molar-refractivity contribution is 5.93. The van der Waals surface area contributed by atoms with Crippen LogP contribution in [0.2, 0.25) is 0 Å². The highest BCUT2D eigenvalue weighted by atomic mass is 16.2. The number of aromatic nitrogens is 2. The van der Waals surface area contributed by atoms with Crippen LogP contribution >= 0.6 is 0 Å². The lowest BCUT2D eigenvalue weighted by Crippen LogP contribution is -2.32. The Labute approximate surface area is 173 Å². The number of carbonyl (C=O) groups is 1. The summed E-state index contributed by atoms with van der Waals surface area (Å²) >= 11 is 0. The Bertz CT molecular complexity index is 1290. The van der Waals surface area contributed by atoms with Gasteiger partial charge >= 0.3 is 5.91 Å². The third-order valence-corrected chi connectivity index (χ3v) is 4.67. The molecule has 6 heteroatoms. The molecular weight excluding hydrogens is 376 g/mol. The minimum absolute atomic E-state index is 0.0175. The Morgan fingerprint density at radius 3 is 2.60 bits per heavy atom. The topological polar surface area (TPSA) is 76.3 Å². The number of benzene rings is 3. The normalized spacial score (nSPS) is 11.1. The van der Waals surface area contributed by atoms with Crippen molar-refractivity contribution >= 4 is 23.0 Å². The van der Waals surface area contributed by atoms with Crippen molar-refractivity contribution in [1.82, 2.24) is 15.0 Å². The van der Waals surface area contributed by atoms with Crippen LogP contribution in [0.15, 0.2) is 88.8 Å². The number of nitrogens with zero attached hydrogens (tertiary/aromatic N) is 3. The van der Waals surface area contributed by atoms with E-state index in [4.69, 9.17) is 0 Å². The highest BCUT2D eigenvalue weighted by Crippen LogP contribution is 2.10. The van der Waals surface area contributed by atoms with E-state index in [9.17, 15) is 9.59 Å². The molecule has 6 nitrogen and oxygen atoms in total. The third kappa shape index (κ3) is 4.17. The van der Waals surface area contributed by atoms with Gasteiger partial charge in [0.1, 0.15) is 0 Å². The van der Waals surface area contributed by atoms with E-state index in [2.05, 4.69) is 15.5 Å². The van der Waals surface area contributed by atoms with Crippen LogP contribution in [0.1, 0.15) is 27.3 Å². The maximum absolute atomic E-state index is 13.1. The lowest BCUT2D eigenvalue weighted by Gasteiger charge is -2.12. The first-order valence-corrected chi connectivity index (χ1v) is 9.55. The molecule has 1 N–H and O–H groups in total. The van der Waals surface area contributed by atoms with Crippen LogP contribution in [-0.2, 0) is 6.54 Å². The summed E-state index contributed by atoms with van der Waals surface area (Å²) in [4.78, 5) is 30.4. The standard InChI is InChI=1S/C24H20N4O2/c1-17-8-7-11-19(14-17)15-25-27-23(29)22-26-21-13-6-5-12-20(21)24(30)28(22)16-18-9-3-2-4-10-18/h2-15H,16H2,1H3,(H,27,29)/b25-15-. The van der Waals surface area contributed by atoms with E-state index in [1.54, 1.807) is 30.5 Å². The molecule has 30 heavy (non-hydrogen) atoms. The zero-order chi connectivity index (χ0) is 20.9. The van der Waals surface area contributed by atoms with Crippen molar-refractivity contribution in [3.05, 3.63) is 112 Å². The van der Waals surface area contributed by atoms with Gasteiger partial charge in [-0.2, -0.15) is 5.10 Å². The maximum atomic E-state index is 13.1. The van der Waals surface area contributed by atoms with Crippen LogP contribution in [0, 0.1) is 6.92 Å². The molecule has 0 spiro atoms. The van der Waals surface area contributed by atoms with Gasteiger partial charge in [0.2, 0.25) is 5.82 Å². The molecule has 0 atom stereocenters. The number of amides is 1. The molecule has 0 unspecified atom stereocenters. The molecule has 0 saturated carbocycles. The van der Waals surface area contributed by atoms with Gasteiger partial charge in [0.15, 0.2) is 0 Å². The molecule has 148 valence electrons. The molecule has 3 aromatic carbocycles. The molecule has 1 aromatic heterocycles. The van der Waals surface area contributed by atoms with E-state index in [0.717, 1.165) is 16.7 Å². The van der Waals surface area contributed by atoms with E-state index in [1.807, 2.05) is 61.5 Å². The summed E-state index contributed by atoms with van der Waals surface area (Å²) < 4.78 is 1.38. The molecule has 0 aliphatic rings. The summed E-state index contributed by atoms with van der Waals surface area (Å²) in [5.74, 6) is -0.526. The SMILES string of the molecule is Cc1cccc(/C=N\NC(=O)c2nc3ccccc3c(=O)n2Cc2ccccc2)c1. The number of carbonyl (C=O) groups excluding carboxylic acids is 1. The van der Waals surface area contributed by atoms with Crippen molar-refractivity contribution in [1.29, 1.82) is 0 Å². The quantitative estimate of drug-likeness (QED) is 0.414. The number of para-hydroxylation sites is 1. The molecule has 0 fully saturated rings. The predicted octanol–water partition coefficient (Wildman–Crippen LogP) is 3.52. The van der Waals surface area contributed by atoms with Crippen molar-refractivity contribution in [2.24, 2.45) is 5.10 Å². The zero-order valence-corrected chi connectivity index (χ0v) is 16.4. The molecule has 1 amide bonds. The second-order valence-electron chi connectivity index (χ2n) is 6.94. The molecule has 0 aliphatic heterocycles. The van der Waals surface area contributed by atoms with Crippen molar-refractivity contribution < 1.29 is 4.79 Å².